The predicted molar refractivity (Wildman–Crippen MR) is 95.4 cm³/mol. The number of unbranched alkanes of at least 4 members (excludes halogenated alkanes) is 7. The zero-order chi connectivity index (χ0) is 18.8. The molecule has 1 aromatic carbocycles. The molecule has 0 aliphatic carbocycles. The van der Waals surface area contributed by atoms with Crippen LogP contribution in [0.5, 0.6) is 0 Å². The lowest BCUT2D eigenvalue weighted by Gasteiger charge is -2.07. The largest absolute Gasteiger partial charge is 0.343 e. The average Bonchev–Trinajstić information content (AvgIpc) is 3.11. The Bertz CT molecular complexity index is 731. The fraction of sp³-hybridized carbons (Fsp3) is 0.588. The first-order valence-corrected chi connectivity index (χ1v) is 8.98. The van der Waals surface area contributed by atoms with Gasteiger partial charge in [0.05, 0.1) is 4.92 Å². The smallest absolute Gasteiger partial charge is 0.332 e. The molecule has 26 heavy (non-hydrogen) atoms. The van der Waals surface area contributed by atoms with Crippen LogP contribution in [-0.2, 0) is 9.63 Å². The number of anilines is 1. The van der Waals surface area contributed by atoms with Crippen molar-refractivity contribution in [2.45, 2.75) is 64.7 Å². The maximum absolute atomic E-state index is 11.8. The Labute approximate surface area is 151 Å². The highest BCUT2D eigenvalue weighted by Crippen LogP contribution is 2.28. The van der Waals surface area contributed by atoms with E-state index in [1.807, 2.05) is 0 Å². The van der Waals surface area contributed by atoms with Crippen LogP contribution in [-0.4, -0.2) is 21.2 Å². The Morgan fingerprint density at radius 1 is 1.12 bits per heavy atom. The molecule has 9 nitrogen and oxygen atoms in total. The first kappa shape index (κ1) is 19.6. The number of fused-ring (bicyclic) bond motifs is 1. The molecular weight excluding hydrogens is 340 g/mol. The monoisotopic (exact) mass is 364 g/mol. The Kier molecular flexibility index (Phi) is 7.78. The van der Waals surface area contributed by atoms with E-state index in [-0.39, 0.29) is 28.4 Å². The van der Waals surface area contributed by atoms with Crippen molar-refractivity contribution in [3.8, 4) is 0 Å². The molecule has 0 spiro atoms. The third kappa shape index (κ3) is 5.68. The minimum atomic E-state index is -0.579. The number of hydrogen-bond donors (Lipinski definition) is 1. The second kappa shape index (κ2) is 10.3. The van der Waals surface area contributed by atoms with Crippen LogP contribution in [0.1, 0.15) is 64.7 Å². The number of nitro benzene ring substituents is 1. The van der Waals surface area contributed by atoms with Crippen molar-refractivity contribution in [2.24, 2.45) is 0 Å². The van der Waals surface area contributed by atoms with E-state index in [2.05, 4.69) is 27.3 Å². The van der Waals surface area contributed by atoms with Crippen molar-refractivity contribution in [1.29, 1.82) is 0 Å². The number of benzene rings is 1. The highest BCUT2D eigenvalue weighted by molar-refractivity contribution is 5.93. The Morgan fingerprint density at radius 3 is 2.46 bits per heavy atom. The van der Waals surface area contributed by atoms with E-state index in [0.29, 0.717) is 6.42 Å². The molecule has 0 aliphatic heterocycles. The number of carbonyl (C=O) groups excluding carboxylic acids is 1. The van der Waals surface area contributed by atoms with Gasteiger partial charge in [0.2, 0.25) is 5.52 Å². The average molecular weight is 364 g/mol. The van der Waals surface area contributed by atoms with Crippen molar-refractivity contribution in [3.63, 3.8) is 0 Å². The van der Waals surface area contributed by atoms with Gasteiger partial charge in [-0.15, -0.1) is 0 Å². The van der Waals surface area contributed by atoms with Crippen LogP contribution in [0.2, 0.25) is 0 Å². The van der Waals surface area contributed by atoms with Crippen LogP contribution in [0.4, 0.5) is 11.4 Å². The lowest BCUT2D eigenvalue weighted by Crippen LogP contribution is -2.10. The number of non-ortho nitro benzene ring substituents is 1. The summed E-state index contributed by atoms with van der Waals surface area (Å²) in [6.45, 7) is 2.19. The maximum atomic E-state index is 11.8. The molecule has 0 bridgehead atoms. The molecular formula is C17H24N4O5. The van der Waals surface area contributed by atoms with Gasteiger partial charge in [-0.1, -0.05) is 51.9 Å². The molecule has 142 valence electrons. The molecule has 2 aromatic rings. The van der Waals surface area contributed by atoms with Gasteiger partial charge >= 0.3 is 11.7 Å². The normalized spacial score (nSPS) is 10.8. The predicted octanol–water partition coefficient (Wildman–Crippen LogP) is 4.53. The summed E-state index contributed by atoms with van der Waals surface area (Å²) in [5.41, 5.74) is 2.68. The highest BCUT2D eigenvalue weighted by Gasteiger charge is 2.20. The second-order valence-corrected chi connectivity index (χ2v) is 6.15. The zero-order valence-corrected chi connectivity index (χ0v) is 14.9. The molecule has 0 radical (unpaired) electrons. The van der Waals surface area contributed by atoms with Gasteiger partial charge in [-0.2, -0.15) is 0 Å². The summed E-state index contributed by atoms with van der Waals surface area (Å²) in [4.78, 5) is 27.1. The molecule has 0 saturated carbocycles. The van der Waals surface area contributed by atoms with Gasteiger partial charge in [0.25, 0.3) is 0 Å². The van der Waals surface area contributed by atoms with Crippen LogP contribution in [0, 0.1) is 10.1 Å². The lowest BCUT2D eigenvalue weighted by molar-refractivity contribution is -0.383. The van der Waals surface area contributed by atoms with E-state index in [9.17, 15) is 14.9 Å². The van der Waals surface area contributed by atoms with E-state index < -0.39 is 4.92 Å². The molecule has 0 fully saturated rings. The number of nitrogens with one attached hydrogen (secondary N) is 1. The van der Waals surface area contributed by atoms with Crippen LogP contribution in [0.25, 0.3) is 11.0 Å². The summed E-state index contributed by atoms with van der Waals surface area (Å²) in [6, 6.07) is 2.65. The van der Waals surface area contributed by atoms with Crippen molar-refractivity contribution in [1.82, 2.24) is 10.3 Å². The molecule has 0 atom stereocenters. The van der Waals surface area contributed by atoms with Crippen molar-refractivity contribution < 1.29 is 19.2 Å². The zero-order valence-electron chi connectivity index (χ0n) is 14.9. The number of nitro groups is 1. The summed E-state index contributed by atoms with van der Waals surface area (Å²) >= 11 is 0. The van der Waals surface area contributed by atoms with Gasteiger partial charge in [-0.25, -0.2) is 14.9 Å². The van der Waals surface area contributed by atoms with E-state index in [1.54, 1.807) is 0 Å². The standard InChI is InChI=1S/C17H24N4O5/c1-2-3-4-5-6-7-8-9-10-15(22)25-18-13-11-12-14(21(23)24)17-16(13)19-26-20-17/h11-12,18H,2-10H2,1H3. The molecule has 9 heteroatoms. The molecule has 0 aliphatic rings. The van der Waals surface area contributed by atoms with Crippen LogP contribution < -0.4 is 5.48 Å². The molecule has 1 aromatic heterocycles. The third-order valence-electron chi connectivity index (χ3n) is 4.10. The fourth-order valence-corrected chi connectivity index (χ4v) is 2.65. The lowest BCUT2D eigenvalue weighted by atomic mass is 10.1. The van der Waals surface area contributed by atoms with Crippen molar-refractivity contribution in [2.75, 3.05) is 5.48 Å². The van der Waals surface area contributed by atoms with Gasteiger partial charge in [-0.3, -0.25) is 10.1 Å². The minimum absolute atomic E-state index is 0.000813. The molecule has 0 amide bonds. The number of carbonyl (C=O) groups is 1. The number of nitrogens with zero attached hydrogens (tertiary/aromatic N) is 3. The maximum Gasteiger partial charge on any atom is 0.332 e. The number of aromatic nitrogens is 2. The Morgan fingerprint density at radius 2 is 1.77 bits per heavy atom. The fourth-order valence-electron chi connectivity index (χ4n) is 2.65. The first-order chi connectivity index (χ1) is 12.6. The molecule has 1 heterocycles. The SMILES string of the molecule is CCCCCCCCCCC(=O)ONc1ccc([N+](=O)[O-])c2nonc12. The quantitative estimate of drug-likeness (QED) is 0.331. The van der Waals surface area contributed by atoms with Crippen molar-refractivity contribution in [3.05, 3.63) is 22.2 Å². The molecule has 0 unspecified atom stereocenters. The summed E-state index contributed by atoms with van der Waals surface area (Å²) in [7, 11) is 0. The van der Waals surface area contributed by atoms with E-state index >= 15 is 0 Å². The van der Waals surface area contributed by atoms with Gasteiger partial charge in [0.1, 0.15) is 5.69 Å². The van der Waals surface area contributed by atoms with Crippen molar-refractivity contribution >= 4 is 28.4 Å². The topological polar surface area (TPSA) is 120 Å². The summed E-state index contributed by atoms with van der Waals surface area (Å²) < 4.78 is 4.55. The van der Waals surface area contributed by atoms with Crippen LogP contribution in [0.15, 0.2) is 16.8 Å². The summed E-state index contributed by atoms with van der Waals surface area (Å²) in [6.07, 6.45) is 9.47. The van der Waals surface area contributed by atoms with Gasteiger partial charge in [0.15, 0.2) is 5.52 Å². The highest BCUT2D eigenvalue weighted by atomic mass is 16.7. The van der Waals surface area contributed by atoms with E-state index in [4.69, 9.17) is 4.84 Å². The van der Waals surface area contributed by atoms with Gasteiger partial charge in [0, 0.05) is 12.5 Å². The number of hydrogen-bond acceptors (Lipinski definition) is 8. The second-order valence-electron chi connectivity index (χ2n) is 6.15. The Balaban J connectivity index is 1.71. The van der Waals surface area contributed by atoms with Gasteiger partial charge in [-0.05, 0) is 22.8 Å². The third-order valence-corrected chi connectivity index (χ3v) is 4.10. The first-order valence-electron chi connectivity index (χ1n) is 8.98. The molecule has 0 saturated heterocycles. The summed E-state index contributed by atoms with van der Waals surface area (Å²) in [5, 5.41) is 18.1. The van der Waals surface area contributed by atoms with E-state index in [1.165, 1.54) is 44.2 Å². The van der Waals surface area contributed by atoms with Gasteiger partial charge < -0.3 is 4.84 Å². The summed E-state index contributed by atoms with van der Waals surface area (Å²) in [5.74, 6) is -0.390. The Hall–Kier alpha value is -2.71. The molecule has 2 rings (SSSR count). The minimum Gasteiger partial charge on any atom is -0.343 e. The van der Waals surface area contributed by atoms with E-state index in [0.717, 1.165) is 19.3 Å². The van der Waals surface area contributed by atoms with Crippen LogP contribution in [0.3, 0.4) is 0 Å². The van der Waals surface area contributed by atoms with Crippen LogP contribution >= 0.6 is 0 Å². The molecule has 1 N–H and O–H groups in total. The number of rotatable bonds is 12.